The predicted octanol–water partition coefficient (Wildman–Crippen LogP) is 2.41. The Morgan fingerprint density at radius 3 is 2.62 bits per heavy atom. The molecule has 0 radical (unpaired) electrons. The van der Waals surface area contributed by atoms with Crippen LogP contribution in [0.3, 0.4) is 0 Å². The summed E-state index contributed by atoms with van der Waals surface area (Å²) in [5.41, 5.74) is 1.57. The number of aliphatic carboxylic acids is 1. The number of carboxylic acid groups (broad SMARTS) is 1. The van der Waals surface area contributed by atoms with E-state index in [2.05, 4.69) is 10.3 Å². The number of nitrogens with zero attached hydrogens (tertiary/aromatic N) is 1. The van der Waals surface area contributed by atoms with Crippen LogP contribution in [-0.2, 0) is 11.2 Å². The van der Waals surface area contributed by atoms with Gasteiger partial charge in [0.05, 0.1) is 24.0 Å². The van der Waals surface area contributed by atoms with E-state index in [1.165, 1.54) is 30.5 Å². The normalized spacial score (nSPS) is 10.2. The molecule has 21 heavy (non-hydrogen) atoms. The molecule has 0 spiro atoms. The van der Waals surface area contributed by atoms with Gasteiger partial charge in [-0.05, 0) is 42.8 Å². The van der Waals surface area contributed by atoms with Gasteiger partial charge in [0.2, 0.25) is 0 Å². The second-order valence-electron chi connectivity index (χ2n) is 4.53. The third kappa shape index (κ3) is 3.85. The maximum absolute atomic E-state index is 13.1. The highest BCUT2D eigenvalue weighted by Gasteiger charge is 2.09. The molecule has 0 fully saturated rings. The highest BCUT2D eigenvalue weighted by atomic mass is 19.1. The fourth-order valence-corrected chi connectivity index (χ4v) is 1.75. The predicted molar refractivity (Wildman–Crippen MR) is 74.7 cm³/mol. The Balaban J connectivity index is 2.08. The van der Waals surface area contributed by atoms with Gasteiger partial charge in [0, 0.05) is 5.56 Å². The molecule has 1 heterocycles. The molecular weight excluding hydrogens is 275 g/mol. The first kappa shape index (κ1) is 14.6. The Morgan fingerprint density at radius 2 is 2.05 bits per heavy atom. The Kier molecular flexibility index (Phi) is 4.27. The lowest BCUT2D eigenvalue weighted by Crippen LogP contribution is -2.12. The second-order valence-corrected chi connectivity index (χ2v) is 4.53. The monoisotopic (exact) mass is 288 g/mol. The molecule has 0 aliphatic carbocycles. The van der Waals surface area contributed by atoms with Crippen molar-refractivity contribution >= 4 is 17.6 Å². The summed E-state index contributed by atoms with van der Waals surface area (Å²) in [7, 11) is 0. The first-order valence-electron chi connectivity index (χ1n) is 6.20. The maximum atomic E-state index is 13.1. The van der Waals surface area contributed by atoms with Gasteiger partial charge < -0.3 is 10.4 Å². The average molecular weight is 288 g/mol. The average Bonchev–Trinajstić information content (AvgIpc) is 2.43. The summed E-state index contributed by atoms with van der Waals surface area (Å²) >= 11 is 0. The summed E-state index contributed by atoms with van der Waals surface area (Å²) in [6, 6.07) is 7.18. The van der Waals surface area contributed by atoms with Gasteiger partial charge in [-0.25, -0.2) is 4.39 Å². The number of rotatable bonds is 4. The highest BCUT2D eigenvalue weighted by molar-refractivity contribution is 6.04. The van der Waals surface area contributed by atoms with E-state index >= 15 is 0 Å². The number of benzene rings is 1. The smallest absolute Gasteiger partial charge is 0.309 e. The molecule has 0 saturated carbocycles. The minimum atomic E-state index is -0.971. The molecule has 2 aromatic rings. The zero-order valence-electron chi connectivity index (χ0n) is 11.3. The maximum Gasteiger partial charge on any atom is 0.309 e. The number of aryl methyl sites for hydroxylation is 1. The summed E-state index contributed by atoms with van der Waals surface area (Å²) < 4.78 is 13.1. The lowest BCUT2D eigenvalue weighted by atomic mass is 10.1. The van der Waals surface area contributed by atoms with E-state index in [0.717, 1.165) is 0 Å². The number of halogens is 1. The van der Waals surface area contributed by atoms with Gasteiger partial charge in [0.1, 0.15) is 5.82 Å². The Bertz CT molecular complexity index is 684. The summed E-state index contributed by atoms with van der Waals surface area (Å²) in [4.78, 5) is 26.5. The summed E-state index contributed by atoms with van der Waals surface area (Å²) in [5, 5.41) is 11.3. The summed E-state index contributed by atoms with van der Waals surface area (Å²) in [6.45, 7) is 1.58. The van der Waals surface area contributed by atoms with Gasteiger partial charge in [-0.1, -0.05) is 0 Å². The Hall–Kier alpha value is -2.76. The molecule has 108 valence electrons. The largest absolute Gasteiger partial charge is 0.481 e. The molecule has 0 atom stereocenters. The fraction of sp³-hybridized carbons (Fsp3) is 0.133. The van der Waals surface area contributed by atoms with Crippen LogP contribution in [0.5, 0.6) is 0 Å². The number of carboxylic acids is 1. The van der Waals surface area contributed by atoms with E-state index < -0.39 is 5.97 Å². The summed E-state index contributed by atoms with van der Waals surface area (Å²) in [6.07, 6.45) is 1.21. The third-order valence-corrected chi connectivity index (χ3v) is 2.84. The van der Waals surface area contributed by atoms with Crippen molar-refractivity contribution in [3.05, 3.63) is 59.2 Å². The second kappa shape index (κ2) is 6.13. The van der Waals surface area contributed by atoms with Crippen molar-refractivity contribution in [3.63, 3.8) is 0 Å². The van der Waals surface area contributed by atoms with Crippen LogP contribution < -0.4 is 5.32 Å². The number of carbonyl (C=O) groups excluding carboxylic acids is 1. The van der Waals surface area contributed by atoms with Crippen LogP contribution in [0.4, 0.5) is 10.1 Å². The van der Waals surface area contributed by atoms with Crippen molar-refractivity contribution in [3.8, 4) is 0 Å². The molecule has 5 nitrogen and oxygen atoms in total. The van der Waals surface area contributed by atoms with Crippen molar-refractivity contribution in [1.29, 1.82) is 0 Å². The van der Waals surface area contributed by atoms with Crippen LogP contribution in [0.1, 0.15) is 21.6 Å². The van der Waals surface area contributed by atoms with Gasteiger partial charge in [0.15, 0.2) is 0 Å². The molecular formula is C15H13FN2O3. The number of anilines is 1. The summed E-state index contributed by atoms with van der Waals surface area (Å²) in [5.74, 6) is -1.72. The van der Waals surface area contributed by atoms with E-state index in [9.17, 15) is 14.0 Å². The minimum absolute atomic E-state index is 0.175. The molecule has 0 unspecified atom stereocenters. The molecule has 1 aromatic heterocycles. The lowest BCUT2D eigenvalue weighted by molar-refractivity contribution is -0.136. The SMILES string of the molecule is Cc1cc(C(=O)Nc2ccc(CC(=O)O)nc2)ccc1F. The van der Waals surface area contributed by atoms with Crippen LogP contribution >= 0.6 is 0 Å². The molecule has 0 saturated heterocycles. The molecule has 0 aliphatic heterocycles. The third-order valence-electron chi connectivity index (χ3n) is 2.84. The van der Waals surface area contributed by atoms with Crippen LogP contribution in [-0.4, -0.2) is 22.0 Å². The van der Waals surface area contributed by atoms with Crippen molar-refractivity contribution < 1.29 is 19.1 Å². The quantitative estimate of drug-likeness (QED) is 0.905. The van der Waals surface area contributed by atoms with E-state index in [0.29, 0.717) is 22.5 Å². The molecule has 6 heteroatoms. The van der Waals surface area contributed by atoms with E-state index in [1.54, 1.807) is 13.0 Å². The van der Waals surface area contributed by atoms with Gasteiger partial charge in [-0.3, -0.25) is 14.6 Å². The highest BCUT2D eigenvalue weighted by Crippen LogP contribution is 2.12. The number of aromatic nitrogens is 1. The standard InChI is InChI=1S/C15H13FN2O3/c1-9-6-10(2-5-13(9)16)15(21)18-12-4-3-11(17-8-12)7-14(19)20/h2-6,8H,7H2,1H3,(H,18,21)(H,19,20). The number of carbonyl (C=O) groups is 2. The first-order valence-corrected chi connectivity index (χ1v) is 6.20. The Labute approximate surface area is 120 Å². The molecule has 0 bridgehead atoms. The van der Waals surface area contributed by atoms with E-state index in [4.69, 9.17) is 5.11 Å². The number of nitrogens with one attached hydrogen (secondary N) is 1. The zero-order chi connectivity index (χ0) is 15.4. The topological polar surface area (TPSA) is 79.3 Å². The number of hydrogen-bond donors (Lipinski definition) is 2. The van der Waals surface area contributed by atoms with Crippen LogP contribution in [0.15, 0.2) is 36.5 Å². The van der Waals surface area contributed by atoms with Gasteiger partial charge in [0.25, 0.3) is 5.91 Å². The Morgan fingerprint density at radius 1 is 1.29 bits per heavy atom. The molecule has 2 rings (SSSR count). The van der Waals surface area contributed by atoms with Gasteiger partial charge in [-0.15, -0.1) is 0 Å². The van der Waals surface area contributed by atoms with Crippen molar-refractivity contribution in [2.75, 3.05) is 5.32 Å². The van der Waals surface area contributed by atoms with E-state index in [-0.39, 0.29) is 18.1 Å². The van der Waals surface area contributed by atoms with Gasteiger partial charge in [-0.2, -0.15) is 0 Å². The molecule has 1 aromatic carbocycles. The fourth-order valence-electron chi connectivity index (χ4n) is 1.75. The number of hydrogen-bond acceptors (Lipinski definition) is 3. The number of pyridine rings is 1. The van der Waals surface area contributed by atoms with Gasteiger partial charge >= 0.3 is 5.97 Å². The van der Waals surface area contributed by atoms with E-state index in [1.807, 2.05) is 0 Å². The molecule has 1 amide bonds. The minimum Gasteiger partial charge on any atom is -0.481 e. The van der Waals surface area contributed by atoms with Crippen molar-refractivity contribution in [1.82, 2.24) is 4.98 Å². The molecule has 2 N–H and O–H groups in total. The van der Waals surface area contributed by atoms with Crippen molar-refractivity contribution in [2.45, 2.75) is 13.3 Å². The molecule has 0 aliphatic rings. The van der Waals surface area contributed by atoms with Crippen LogP contribution in [0.2, 0.25) is 0 Å². The lowest BCUT2D eigenvalue weighted by Gasteiger charge is -2.06. The van der Waals surface area contributed by atoms with Crippen molar-refractivity contribution in [2.24, 2.45) is 0 Å². The number of amides is 1. The van der Waals surface area contributed by atoms with Crippen LogP contribution in [0, 0.1) is 12.7 Å². The first-order chi connectivity index (χ1) is 9.95. The van der Waals surface area contributed by atoms with Crippen LogP contribution in [0.25, 0.3) is 0 Å². The zero-order valence-corrected chi connectivity index (χ0v) is 11.3.